The van der Waals surface area contributed by atoms with E-state index in [1.54, 1.807) is 0 Å². The second kappa shape index (κ2) is 9.57. The van der Waals surface area contributed by atoms with Crippen molar-refractivity contribution in [1.29, 1.82) is 0 Å². The van der Waals surface area contributed by atoms with E-state index in [2.05, 4.69) is 48.5 Å². The van der Waals surface area contributed by atoms with E-state index in [0.29, 0.717) is 32.3 Å². The summed E-state index contributed by atoms with van der Waals surface area (Å²) < 4.78 is 17.4. The monoisotopic (exact) mass is 477 g/mol. The van der Waals surface area contributed by atoms with Crippen LogP contribution >= 0.6 is 0 Å². The van der Waals surface area contributed by atoms with Crippen molar-refractivity contribution >= 4 is 6.09 Å². The first-order chi connectivity index (χ1) is 17.1. The average Bonchev–Trinajstić information content (AvgIpc) is 3.20. The molecule has 3 heterocycles. The summed E-state index contributed by atoms with van der Waals surface area (Å²) >= 11 is 0. The van der Waals surface area contributed by atoms with Gasteiger partial charge >= 0.3 is 6.09 Å². The van der Waals surface area contributed by atoms with Crippen LogP contribution in [0.25, 0.3) is 11.1 Å². The zero-order valence-corrected chi connectivity index (χ0v) is 20.2. The summed E-state index contributed by atoms with van der Waals surface area (Å²) in [5.41, 5.74) is 4.13. The van der Waals surface area contributed by atoms with Gasteiger partial charge in [-0.1, -0.05) is 48.5 Å². The summed E-state index contributed by atoms with van der Waals surface area (Å²) in [6, 6.07) is 16.9. The molecule has 6 heteroatoms. The molecule has 3 fully saturated rings. The molecular formula is C29H35NO5. The number of benzene rings is 2. The summed E-state index contributed by atoms with van der Waals surface area (Å²) in [4.78, 5) is 15.3. The topological polar surface area (TPSA) is 68.2 Å². The van der Waals surface area contributed by atoms with Gasteiger partial charge in [0.25, 0.3) is 0 Å². The quantitative estimate of drug-likeness (QED) is 0.639. The first-order valence-corrected chi connectivity index (χ1v) is 13.2. The number of rotatable bonds is 5. The molecule has 4 aliphatic rings. The Morgan fingerprint density at radius 2 is 1.54 bits per heavy atom. The van der Waals surface area contributed by atoms with Crippen LogP contribution in [-0.4, -0.2) is 59.9 Å². The van der Waals surface area contributed by atoms with Crippen LogP contribution in [0, 0.1) is 0 Å². The molecule has 0 saturated carbocycles. The van der Waals surface area contributed by atoms with Gasteiger partial charge in [0.15, 0.2) is 6.29 Å². The molecule has 3 aliphatic heterocycles. The summed E-state index contributed by atoms with van der Waals surface area (Å²) in [5.74, 6) is 0.0587. The number of fused-ring (bicyclic) bond motifs is 5. The highest BCUT2D eigenvalue weighted by Crippen LogP contribution is 2.45. The summed E-state index contributed by atoms with van der Waals surface area (Å²) in [5, 5.41) is 11.4. The lowest BCUT2D eigenvalue weighted by Gasteiger charge is -2.51. The molecule has 0 aromatic heterocycles. The van der Waals surface area contributed by atoms with Crippen molar-refractivity contribution in [3.05, 3.63) is 59.7 Å². The Morgan fingerprint density at radius 3 is 2.17 bits per heavy atom. The largest absolute Gasteiger partial charge is 0.448 e. The summed E-state index contributed by atoms with van der Waals surface area (Å²) in [6.45, 7) is 1.79. The van der Waals surface area contributed by atoms with Crippen molar-refractivity contribution in [2.45, 2.75) is 81.3 Å². The number of hydrogen-bond donors (Lipinski definition) is 1. The average molecular weight is 478 g/mol. The van der Waals surface area contributed by atoms with Gasteiger partial charge in [0.05, 0.1) is 18.8 Å². The van der Waals surface area contributed by atoms with Gasteiger partial charge in [-0.25, -0.2) is 4.79 Å². The predicted molar refractivity (Wildman–Crippen MR) is 132 cm³/mol. The maximum atomic E-state index is 13.4. The molecule has 1 aliphatic carbocycles. The molecule has 1 N–H and O–H groups in total. The van der Waals surface area contributed by atoms with Crippen LogP contribution in [-0.2, 0) is 14.2 Å². The molecule has 6 rings (SSSR count). The second-order valence-corrected chi connectivity index (χ2v) is 10.6. The number of hydrogen-bond acceptors (Lipinski definition) is 5. The third-order valence-electron chi connectivity index (χ3n) is 8.38. The van der Waals surface area contributed by atoms with E-state index in [9.17, 15) is 9.90 Å². The number of aliphatic hydroxyl groups is 1. The molecule has 2 bridgehead atoms. The van der Waals surface area contributed by atoms with Crippen molar-refractivity contribution in [2.75, 3.05) is 19.8 Å². The van der Waals surface area contributed by atoms with E-state index in [1.807, 2.05) is 4.90 Å². The molecule has 6 nitrogen and oxygen atoms in total. The van der Waals surface area contributed by atoms with Crippen molar-refractivity contribution in [3.63, 3.8) is 0 Å². The Morgan fingerprint density at radius 1 is 0.943 bits per heavy atom. The second-order valence-electron chi connectivity index (χ2n) is 10.6. The zero-order valence-electron chi connectivity index (χ0n) is 20.2. The normalized spacial score (nSPS) is 28.4. The molecule has 0 spiro atoms. The fraction of sp³-hybridized carbons (Fsp3) is 0.552. The number of piperidine rings is 2. The SMILES string of the molecule is O=C(OCC1c2ccccc2-c2ccccc21)N1C2CCCC1CC(O)(CCC1OCCCO1)C2. The Hall–Kier alpha value is -2.41. The number of carbonyl (C=O) groups is 1. The Balaban J connectivity index is 1.12. The first kappa shape index (κ1) is 23.0. The fourth-order valence-electron chi connectivity index (χ4n) is 6.79. The lowest BCUT2D eigenvalue weighted by atomic mass is 9.74. The highest BCUT2D eigenvalue weighted by Gasteiger charge is 2.48. The Bertz CT molecular complexity index is 1010. The molecule has 3 saturated heterocycles. The minimum atomic E-state index is -0.778. The van der Waals surface area contributed by atoms with Crippen molar-refractivity contribution in [2.24, 2.45) is 0 Å². The fourth-order valence-corrected chi connectivity index (χ4v) is 6.79. The van der Waals surface area contributed by atoms with Crippen LogP contribution in [0.2, 0.25) is 0 Å². The van der Waals surface area contributed by atoms with E-state index in [4.69, 9.17) is 14.2 Å². The zero-order chi connectivity index (χ0) is 23.8. The predicted octanol–water partition coefficient (Wildman–Crippen LogP) is 5.23. The van der Waals surface area contributed by atoms with Crippen LogP contribution in [0.4, 0.5) is 4.79 Å². The number of ether oxygens (including phenoxy) is 3. The highest BCUT2D eigenvalue weighted by atomic mass is 16.7. The van der Waals surface area contributed by atoms with Crippen LogP contribution in [0.5, 0.6) is 0 Å². The molecule has 186 valence electrons. The van der Waals surface area contributed by atoms with Crippen LogP contribution < -0.4 is 0 Å². The van der Waals surface area contributed by atoms with E-state index in [-0.39, 0.29) is 30.4 Å². The van der Waals surface area contributed by atoms with E-state index >= 15 is 0 Å². The number of nitrogens with zero attached hydrogens (tertiary/aromatic N) is 1. The molecule has 35 heavy (non-hydrogen) atoms. The molecule has 0 radical (unpaired) electrons. The molecule has 2 aromatic rings. The standard InChI is InChI=1S/C29H35NO5/c31-28(35-19-26-24-11-3-1-9-22(24)23-10-2-4-12-25(23)26)30-20-7-5-8-21(30)18-29(32,17-20)14-13-27-33-15-6-16-34-27/h1-4,9-12,20-21,26-27,32H,5-8,13-19H2. The Kier molecular flexibility index (Phi) is 6.29. The third kappa shape index (κ3) is 4.48. The summed E-state index contributed by atoms with van der Waals surface area (Å²) in [7, 11) is 0. The van der Waals surface area contributed by atoms with Gasteiger partial charge in [0, 0.05) is 24.4 Å². The minimum Gasteiger partial charge on any atom is -0.448 e. The molecule has 2 atom stereocenters. The van der Waals surface area contributed by atoms with Crippen molar-refractivity contribution in [3.8, 4) is 11.1 Å². The van der Waals surface area contributed by atoms with Gasteiger partial charge in [0.2, 0.25) is 0 Å². The van der Waals surface area contributed by atoms with Crippen molar-refractivity contribution in [1.82, 2.24) is 4.90 Å². The van der Waals surface area contributed by atoms with Gasteiger partial charge in [-0.3, -0.25) is 0 Å². The van der Waals surface area contributed by atoms with Crippen LogP contribution in [0.3, 0.4) is 0 Å². The maximum absolute atomic E-state index is 13.4. The lowest BCUT2D eigenvalue weighted by molar-refractivity contribution is -0.190. The highest BCUT2D eigenvalue weighted by molar-refractivity contribution is 5.79. The Labute approximate surface area is 207 Å². The molecule has 1 amide bonds. The maximum Gasteiger partial charge on any atom is 0.410 e. The molecule has 2 unspecified atom stereocenters. The molecular weight excluding hydrogens is 442 g/mol. The van der Waals surface area contributed by atoms with Gasteiger partial charge < -0.3 is 24.2 Å². The van der Waals surface area contributed by atoms with Crippen LogP contribution in [0.1, 0.15) is 68.4 Å². The molecule has 2 aromatic carbocycles. The van der Waals surface area contributed by atoms with Gasteiger partial charge in [0.1, 0.15) is 6.61 Å². The van der Waals surface area contributed by atoms with Gasteiger partial charge in [-0.05, 0) is 67.2 Å². The van der Waals surface area contributed by atoms with E-state index in [1.165, 1.54) is 22.3 Å². The minimum absolute atomic E-state index is 0.0244. The first-order valence-electron chi connectivity index (χ1n) is 13.2. The van der Waals surface area contributed by atoms with Crippen LogP contribution in [0.15, 0.2) is 48.5 Å². The number of carbonyl (C=O) groups excluding carboxylic acids is 1. The van der Waals surface area contributed by atoms with E-state index < -0.39 is 5.60 Å². The number of amides is 1. The van der Waals surface area contributed by atoms with Gasteiger partial charge in [-0.2, -0.15) is 0 Å². The third-order valence-corrected chi connectivity index (χ3v) is 8.38. The summed E-state index contributed by atoms with van der Waals surface area (Å²) in [6.07, 6.45) is 5.94. The smallest absolute Gasteiger partial charge is 0.410 e. The van der Waals surface area contributed by atoms with E-state index in [0.717, 1.165) is 38.9 Å². The van der Waals surface area contributed by atoms with Crippen molar-refractivity contribution < 1.29 is 24.1 Å². The van der Waals surface area contributed by atoms with Gasteiger partial charge in [-0.15, -0.1) is 0 Å². The lowest BCUT2D eigenvalue weighted by Crippen LogP contribution is -2.60.